The van der Waals surface area contributed by atoms with Gasteiger partial charge >= 0.3 is 0 Å². The maximum Gasteiger partial charge on any atom is 0.227 e. The first kappa shape index (κ1) is 15.8. The van der Waals surface area contributed by atoms with Crippen molar-refractivity contribution in [2.45, 2.75) is 59.0 Å². The fraction of sp³-hybridized carbons (Fsp3) is 0.588. The molecular weight excluding hydrogens is 290 g/mol. The number of fused-ring (bicyclic) bond motifs is 1. The summed E-state index contributed by atoms with van der Waals surface area (Å²) in [5, 5.41) is 7.62. The second-order valence-electron chi connectivity index (χ2n) is 6.62. The zero-order valence-electron chi connectivity index (χ0n) is 14.6. The van der Waals surface area contributed by atoms with Gasteiger partial charge in [-0.3, -0.25) is 9.48 Å². The number of amides is 1. The molecule has 2 aromatic rings. The number of imidazole rings is 1. The molecule has 1 N–H and O–H groups in total. The molecule has 1 aliphatic heterocycles. The van der Waals surface area contributed by atoms with Crippen LogP contribution in [0.1, 0.15) is 47.7 Å². The number of hydrogen-bond acceptors (Lipinski definition) is 3. The fourth-order valence-corrected chi connectivity index (χ4v) is 3.58. The molecular formula is C17H25N5O. The van der Waals surface area contributed by atoms with Gasteiger partial charge in [-0.25, -0.2) is 4.98 Å². The van der Waals surface area contributed by atoms with Gasteiger partial charge in [-0.15, -0.1) is 0 Å². The Morgan fingerprint density at radius 3 is 2.78 bits per heavy atom. The fourth-order valence-electron chi connectivity index (χ4n) is 3.58. The molecule has 23 heavy (non-hydrogen) atoms. The van der Waals surface area contributed by atoms with Crippen LogP contribution in [0.15, 0.2) is 6.20 Å². The number of carbonyl (C=O) groups excluding carboxylic acids is 1. The summed E-state index contributed by atoms with van der Waals surface area (Å²) >= 11 is 0. The molecule has 6 nitrogen and oxygen atoms in total. The molecule has 0 aromatic carbocycles. The summed E-state index contributed by atoms with van der Waals surface area (Å²) in [6.45, 7) is 8.75. The maximum absolute atomic E-state index is 12.7. The molecule has 0 unspecified atom stereocenters. The van der Waals surface area contributed by atoms with Crippen LogP contribution in [0.3, 0.4) is 0 Å². The zero-order chi connectivity index (χ0) is 16.7. The number of rotatable bonds is 3. The van der Waals surface area contributed by atoms with Gasteiger partial charge in [0.05, 0.1) is 17.3 Å². The van der Waals surface area contributed by atoms with Crippen LogP contribution < -0.4 is 5.32 Å². The van der Waals surface area contributed by atoms with Crippen molar-refractivity contribution in [2.75, 3.05) is 0 Å². The van der Waals surface area contributed by atoms with Crippen LogP contribution in [0, 0.1) is 20.8 Å². The van der Waals surface area contributed by atoms with Gasteiger partial charge in [0.1, 0.15) is 5.82 Å². The highest BCUT2D eigenvalue weighted by atomic mass is 16.1. The Morgan fingerprint density at radius 2 is 2.13 bits per heavy atom. The van der Waals surface area contributed by atoms with Crippen LogP contribution in [0.2, 0.25) is 0 Å². The number of carbonyl (C=O) groups is 1. The van der Waals surface area contributed by atoms with E-state index in [1.54, 1.807) is 0 Å². The van der Waals surface area contributed by atoms with E-state index >= 15 is 0 Å². The van der Waals surface area contributed by atoms with E-state index in [-0.39, 0.29) is 17.9 Å². The average molecular weight is 315 g/mol. The molecule has 6 heteroatoms. The molecule has 0 aliphatic carbocycles. The number of aromatic nitrogens is 4. The molecule has 0 spiro atoms. The van der Waals surface area contributed by atoms with Gasteiger partial charge in [0, 0.05) is 43.5 Å². The van der Waals surface area contributed by atoms with Crippen molar-refractivity contribution in [2.24, 2.45) is 7.05 Å². The Morgan fingerprint density at radius 1 is 1.39 bits per heavy atom. The van der Waals surface area contributed by atoms with Crippen molar-refractivity contribution in [1.29, 1.82) is 0 Å². The highest BCUT2D eigenvalue weighted by Gasteiger charge is 2.26. The van der Waals surface area contributed by atoms with Gasteiger partial charge in [0.25, 0.3) is 0 Å². The number of hydrogen-bond donors (Lipinski definition) is 1. The molecule has 1 amide bonds. The lowest BCUT2D eigenvalue weighted by Gasteiger charge is -2.26. The van der Waals surface area contributed by atoms with Crippen LogP contribution in [0.4, 0.5) is 0 Å². The van der Waals surface area contributed by atoms with Gasteiger partial charge in [0.2, 0.25) is 5.91 Å². The molecule has 1 aliphatic rings. The second kappa shape index (κ2) is 5.83. The molecule has 0 saturated heterocycles. The van der Waals surface area contributed by atoms with Gasteiger partial charge < -0.3 is 9.88 Å². The first-order valence-corrected chi connectivity index (χ1v) is 8.20. The highest BCUT2D eigenvalue weighted by molar-refractivity contribution is 5.84. The summed E-state index contributed by atoms with van der Waals surface area (Å²) in [5.41, 5.74) is 4.08. The number of nitrogens with zero attached hydrogens (tertiary/aromatic N) is 4. The lowest BCUT2D eigenvalue weighted by atomic mass is 9.97. The van der Waals surface area contributed by atoms with E-state index in [2.05, 4.69) is 26.2 Å². The van der Waals surface area contributed by atoms with Gasteiger partial charge in [-0.1, -0.05) is 0 Å². The molecule has 0 fully saturated rings. The Labute approximate surface area is 136 Å². The summed E-state index contributed by atoms with van der Waals surface area (Å²) < 4.78 is 4.00. The van der Waals surface area contributed by atoms with Crippen LogP contribution in [-0.4, -0.2) is 31.3 Å². The molecule has 0 bridgehead atoms. The van der Waals surface area contributed by atoms with Crippen LogP contribution in [0.25, 0.3) is 0 Å². The summed E-state index contributed by atoms with van der Waals surface area (Å²) in [5.74, 6) is 1.02. The van der Waals surface area contributed by atoms with Gasteiger partial charge in [-0.2, -0.15) is 5.10 Å². The summed E-state index contributed by atoms with van der Waals surface area (Å²) in [7, 11) is 1.92. The van der Waals surface area contributed by atoms with E-state index in [9.17, 15) is 4.79 Å². The minimum atomic E-state index is -0.186. The molecule has 3 heterocycles. The summed E-state index contributed by atoms with van der Waals surface area (Å²) in [4.78, 5) is 17.2. The van der Waals surface area contributed by atoms with Gasteiger partial charge in [-0.05, 0) is 34.1 Å². The molecule has 0 saturated carbocycles. The SMILES string of the molecule is Cc1cn2c(n1)CC[C@@H](NC(=O)[C@@H](C)c1c(C)nn(C)c1C)C2. The quantitative estimate of drug-likeness (QED) is 0.939. The smallest absolute Gasteiger partial charge is 0.227 e. The lowest BCUT2D eigenvalue weighted by molar-refractivity contribution is -0.123. The van der Waals surface area contributed by atoms with Crippen molar-refractivity contribution in [3.8, 4) is 0 Å². The molecule has 2 atom stereocenters. The standard InChI is InChI=1S/C17H25N5O/c1-10-8-22-9-14(6-7-15(22)18-10)19-17(23)11(2)16-12(3)20-21(5)13(16)4/h8,11,14H,6-7,9H2,1-5H3,(H,19,23)/t11-,14+/m0/s1. The first-order valence-electron chi connectivity index (χ1n) is 8.20. The Bertz CT molecular complexity index is 742. The topological polar surface area (TPSA) is 64.7 Å². The molecule has 0 radical (unpaired) electrons. The van der Waals surface area contributed by atoms with Gasteiger partial charge in [0.15, 0.2) is 0 Å². The minimum absolute atomic E-state index is 0.0782. The predicted octanol–water partition coefficient (Wildman–Crippen LogP) is 1.78. The Balaban J connectivity index is 1.70. The summed E-state index contributed by atoms with van der Waals surface area (Å²) in [6, 6.07) is 0.170. The van der Waals surface area contributed by atoms with Crippen molar-refractivity contribution in [3.05, 3.63) is 34.7 Å². The monoisotopic (exact) mass is 315 g/mol. The Hall–Kier alpha value is -2.11. The third-order valence-corrected chi connectivity index (χ3v) is 4.85. The van der Waals surface area contributed by atoms with E-state index in [4.69, 9.17) is 0 Å². The zero-order valence-corrected chi connectivity index (χ0v) is 14.6. The van der Waals surface area contributed by atoms with Crippen molar-refractivity contribution >= 4 is 5.91 Å². The van der Waals surface area contributed by atoms with Crippen LogP contribution in [0.5, 0.6) is 0 Å². The number of nitrogens with one attached hydrogen (secondary N) is 1. The van der Waals surface area contributed by atoms with E-state index in [0.717, 1.165) is 47.9 Å². The molecule has 124 valence electrons. The van der Waals surface area contributed by atoms with Crippen molar-refractivity contribution < 1.29 is 4.79 Å². The Kier molecular flexibility index (Phi) is 4.00. The lowest BCUT2D eigenvalue weighted by Crippen LogP contribution is -2.42. The normalized spacial score (nSPS) is 18.6. The maximum atomic E-state index is 12.7. The third-order valence-electron chi connectivity index (χ3n) is 4.85. The largest absolute Gasteiger partial charge is 0.351 e. The van der Waals surface area contributed by atoms with Crippen molar-refractivity contribution in [3.63, 3.8) is 0 Å². The average Bonchev–Trinajstić information content (AvgIpc) is 2.97. The van der Waals surface area contributed by atoms with E-state index < -0.39 is 0 Å². The van der Waals surface area contributed by atoms with Crippen LogP contribution >= 0.6 is 0 Å². The van der Waals surface area contributed by atoms with E-state index in [0.29, 0.717) is 0 Å². The molecule has 2 aromatic heterocycles. The second-order valence-corrected chi connectivity index (χ2v) is 6.62. The minimum Gasteiger partial charge on any atom is -0.351 e. The summed E-state index contributed by atoms with van der Waals surface area (Å²) in [6.07, 6.45) is 3.92. The molecule has 3 rings (SSSR count). The third kappa shape index (κ3) is 2.90. The van der Waals surface area contributed by atoms with Crippen LogP contribution in [-0.2, 0) is 24.8 Å². The first-order chi connectivity index (χ1) is 10.9. The predicted molar refractivity (Wildman–Crippen MR) is 88.3 cm³/mol. The van der Waals surface area contributed by atoms with E-state index in [1.165, 1.54) is 0 Å². The highest BCUT2D eigenvalue weighted by Crippen LogP contribution is 2.24. The number of aryl methyl sites for hydroxylation is 4. The van der Waals surface area contributed by atoms with Crippen molar-refractivity contribution in [1.82, 2.24) is 24.6 Å². The van der Waals surface area contributed by atoms with E-state index in [1.807, 2.05) is 39.4 Å².